The lowest BCUT2D eigenvalue weighted by Gasteiger charge is -2.21. The van der Waals surface area contributed by atoms with Crippen LogP contribution in [-0.2, 0) is 19.3 Å². The highest BCUT2D eigenvalue weighted by molar-refractivity contribution is 7.94. The molecule has 0 heterocycles. The van der Waals surface area contributed by atoms with Crippen molar-refractivity contribution in [3.05, 3.63) is 70.8 Å². The summed E-state index contributed by atoms with van der Waals surface area (Å²) in [6.45, 7) is 3.85. The van der Waals surface area contributed by atoms with Gasteiger partial charge in [0.1, 0.15) is 0 Å². The maximum Gasteiger partial charge on any atom is 0.243 e. The van der Waals surface area contributed by atoms with Crippen LogP contribution in [0.15, 0.2) is 48.5 Å². The van der Waals surface area contributed by atoms with E-state index in [4.69, 9.17) is 23.2 Å². The fraction of sp³-hybridized carbons (Fsp3) is 0.250. The quantitative estimate of drug-likeness (QED) is 0.766. The van der Waals surface area contributed by atoms with E-state index in [0.29, 0.717) is 11.1 Å². The van der Waals surface area contributed by atoms with E-state index in [-0.39, 0.29) is 5.75 Å². The molecule has 2 aromatic carbocycles. The van der Waals surface area contributed by atoms with Crippen LogP contribution in [0.2, 0.25) is 0 Å². The predicted octanol–water partition coefficient (Wildman–Crippen LogP) is 4.51. The number of hydrogen-bond acceptors (Lipinski definition) is 2. The van der Waals surface area contributed by atoms with Gasteiger partial charge in [0.25, 0.3) is 0 Å². The van der Waals surface area contributed by atoms with Crippen molar-refractivity contribution in [2.75, 3.05) is 0 Å². The Kier molecular flexibility index (Phi) is 4.66. The lowest BCUT2D eigenvalue weighted by molar-refractivity contribution is 0.589. The molecule has 0 unspecified atom stereocenters. The maximum absolute atomic E-state index is 12.5. The van der Waals surface area contributed by atoms with Crippen molar-refractivity contribution in [2.24, 2.45) is 0 Å². The summed E-state index contributed by atoms with van der Waals surface area (Å²) in [6.07, 6.45) is 0. The zero-order valence-corrected chi connectivity index (χ0v) is 14.1. The van der Waals surface area contributed by atoms with Gasteiger partial charge in [-0.05, 0) is 19.4 Å². The topological polar surface area (TPSA) is 34.1 Å². The monoisotopic (exact) mass is 342 g/mol. The second-order valence-corrected chi connectivity index (χ2v) is 9.03. The molecular weight excluding hydrogens is 327 g/mol. The molecule has 0 fully saturated rings. The van der Waals surface area contributed by atoms with E-state index in [9.17, 15) is 8.42 Å². The Morgan fingerprint density at radius 1 is 0.857 bits per heavy atom. The molecule has 112 valence electrons. The first-order valence-corrected chi connectivity index (χ1v) is 8.86. The van der Waals surface area contributed by atoms with Gasteiger partial charge in [-0.15, -0.1) is 0 Å². The van der Waals surface area contributed by atoms with Crippen molar-refractivity contribution in [3.8, 4) is 0 Å². The Hall–Kier alpha value is -1.03. The number of hydrogen-bond donors (Lipinski definition) is 0. The molecule has 0 bridgehead atoms. The van der Waals surface area contributed by atoms with E-state index >= 15 is 0 Å². The molecule has 0 atom stereocenters. The highest BCUT2D eigenvalue weighted by Gasteiger charge is 2.41. The summed E-state index contributed by atoms with van der Waals surface area (Å²) in [4.78, 5) is 0. The third-order valence-electron chi connectivity index (χ3n) is 3.26. The number of halogens is 2. The van der Waals surface area contributed by atoms with E-state index in [1.165, 1.54) is 0 Å². The van der Waals surface area contributed by atoms with Crippen molar-refractivity contribution in [3.63, 3.8) is 0 Å². The highest BCUT2D eigenvalue weighted by atomic mass is 35.5. The molecular formula is C16H16Cl2O2S. The molecule has 0 aliphatic heterocycles. The average molecular weight is 343 g/mol. The summed E-state index contributed by atoms with van der Waals surface area (Å²) >= 11 is 12.3. The third-order valence-corrected chi connectivity index (χ3v) is 6.83. The van der Waals surface area contributed by atoms with Gasteiger partial charge in [-0.1, -0.05) is 82.9 Å². The molecule has 2 nitrogen and oxygen atoms in total. The lowest BCUT2D eigenvalue weighted by Crippen LogP contribution is -2.25. The number of sulfone groups is 1. The molecule has 2 aromatic rings. The summed E-state index contributed by atoms with van der Waals surface area (Å²) in [7, 11) is -3.76. The van der Waals surface area contributed by atoms with Crippen LogP contribution in [-0.4, -0.2) is 8.42 Å². The van der Waals surface area contributed by atoms with Crippen molar-refractivity contribution >= 4 is 33.0 Å². The molecule has 0 saturated heterocycles. The van der Waals surface area contributed by atoms with Gasteiger partial charge in [-0.25, -0.2) is 8.42 Å². The zero-order valence-electron chi connectivity index (χ0n) is 11.8. The van der Waals surface area contributed by atoms with Crippen LogP contribution in [0.4, 0.5) is 0 Å². The number of rotatable bonds is 4. The minimum absolute atomic E-state index is 0.200. The number of alkyl halides is 2. The molecule has 0 spiro atoms. The SMILES string of the molecule is Cc1ccc(CS(=O)(=O)C(Cl)(Cl)c2ccc(C)cc2)cc1. The predicted molar refractivity (Wildman–Crippen MR) is 88.4 cm³/mol. The van der Waals surface area contributed by atoms with Crippen LogP contribution < -0.4 is 0 Å². The Morgan fingerprint density at radius 2 is 1.29 bits per heavy atom. The van der Waals surface area contributed by atoms with Crippen molar-refractivity contribution in [1.82, 2.24) is 0 Å². The van der Waals surface area contributed by atoms with Crippen LogP contribution >= 0.6 is 23.2 Å². The molecule has 0 N–H and O–H groups in total. The molecule has 0 saturated carbocycles. The normalized spacial score (nSPS) is 12.4. The Labute approximate surface area is 135 Å². The molecule has 5 heteroatoms. The first-order valence-electron chi connectivity index (χ1n) is 6.45. The molecule has 0 aliphatic rings. The van der Waals surface area contributed by atoms with E-state index in [1.807, 2.05) is 26.0 Å². The van der Waals surface area contributed by atoms with Crippen LogP contribution in [0.5, 0.6) is 0 Å². The summed E-state index contributed by atoms with van der Waals surface area (Å²) in [6, 6.07) is 14.1. The summed E-state index contributed by atoms with van der Waals surface area (Å²) < 4.78 is 23.1. The van der Waals surface area contributed by atoms with Crippen LogP contribution in [0.3, 0.4) is 0 Å². The minimum Gasteiger partial charge on any atom is -0.225 e. The second kappa shape index (κ2) is 5.99. The molecule has 0 radical (unpaired) electrons. The fourth-order valence-corrected chi connectivity index (χ4v) is 3.81. The Morgan fingerprint density at radius 3 is 1.76 bits per heavy atom. The largest absolute Gasteiger partial charge is 0.243 e. The van der Waals surface area contributed by atoms with Crippen LogP contribution in [0.25, 0.3) is 0 Å². The van der Waals surface area contributed by atoms with Gasteiger partial charge < -0.3 is 0 Å². The van der Waals surface area contributed by atoms with Crippen LogP contribution in [0.1, 0.15) is 22.3 Å². The van der Waals surface area contributed by atoms with E-state index < -0.39 is 13.5 Å². The molecule has 0 aliphatic carbocycles. The van der Waals surface area contributed by atoms with Crippen molar-refractivity contribution < 1.29 is 8.42 Å². The van der Waals surface area contributed by atoms with Gasteiger partial charge in [-0.3, -0.25) is 0 Å². The van der Waals surface area contributed by atoms with E-state index in [0.717, 1.165) is 11.1 Å². The maximum atomic E-state index is 12.5. The summed E-state index contributed by atoms with van der Waals surface area (Å²) in [5.74, 6) is -0.200. The first-order chi connectivity index (χ1) is 9.72. The smallest absolute Gasteiger partial charge is 0.225 e. The highest BCUT2D eigenvalue weighted by Crippen LogP contribution is 2.41. The van der Waals surface area contributed by atoms with Gasteiger partial charge >= 0.3 is 0 Å². The lowest BCUT2D eigenvalue weighted by atomic mass is 10.2. The van der Waals surface area contributed by atoms with Gasteiger partial charge in [0, 0.05) is 5.56 Å². The summed E-state index contributed by atoms with van der Waals surface area (Å²) in [5.41, 5.74) is 3.11. The molecule has 0 amide bonds. The van der Waals surface area contributed by atoms with Crippen LogP contribution in [0, 0.1) is 13.8 Å². The molecule has 0 aromatic heterocycles. The number of aryl methyl sites for hydroxylation is 2. The Balaban J connectivity index is 2.33. The third kappa shape index (κ3) is 3.60. The van der Waals surface area contributed by atoms with E-state index in [2.05, 4.69) is 0 Å². The minimum atomic E-state index is -3.76. The second-order valence-electron chi connectivity index (χ2n) is 5.13. The van der Waals surface area contributed by atoms with Gasteiger partial charge in [0.2, 0.25) is 3.67 Å². The molecule has 2 rings (SSSR count). The fourth-order valence-electron chi connectivity index (χ4n) is 1.92. The standard InChI is InChI=1S/C16H16Cl2O2S/c1-12-3-7-14(8-4-12)11-21(19,20)16(17,18)15-9-5-13(2)6-10-15/h3-10H,11H2,1-2H3. The van der Waals surface area contributed by atoms with Gasteiger partial charge in [0.15, 0.2) is 9.84 Å². The van der Waals surface area contributed by atoms with Gasteiger partial charge in [-0.2, -0.15) is 0 Å². The Bertz CT molecular complexity index is 718. The average Bonchev–Trinajstić information content (AvgIpc) is 2.41. The summed E-state index contributed by atoms with van der Waals surface area (Å²) in [5, 5.41) is 0. The first kappa shape index (κ1) is 16.3. The van der Waals surface area contributed by atoms with Crippen molar-refractivity contribution in [2.45, 2.75) is 23.3 Å². The zero-order chi connectivity index (χ0) is 15.7. The van der Waals surface area contributed by atoms with E-state index in [1.54, 1.807) is 36.4 Å². The van der Waals surface area contributed by atoms with Gasteiger partial charge in [0.05, 0.1) is 5.75 Å². The molecule has 21 heavy (non-hydrogen) atoms. The van der Waals surface area contributed by atoms with Crippen molar-refractivity contribution in [1.29, 1.82) is 0 Å². The number of benzene rings is 2.